The molecule has 0 saturated carbocycles. The molecule has 0 bridgehead atoms. The normalized spacial score (nSPS) is 14.4. The molecule has 0 saturated heterocycles. The molecule has 7 aromatic carbocycles. The summed E-state index contributed by atoms with van der Waals surface area (Å²) in [7, 11) is 0. The second-order valence-corrected chi connectivity index (χ2v) is 20.1. The van der Waals surface area contributed by atoms with Crippen molar-refractivity contribution in [1.82, 2.24) is 14.1 Å². The summed E-state index contributed by atoms with van der Waals surface area (Å²) in [5, 5.41) is 2.17. The van der Waals surface area contributed by atoms with Crippen molar-refractivity contribution in [1.29, 1.82) is 0 Å². The number of ether oxygens (including phenoxy) is 1. The third-order valence-corrected chi connectivity index (χ3v) is 12.6. The van der Waals surface area contributed by atoms with Crippen LogP contribution in [0.15, 0.2) is 164 Å². The molecule has 0 radical (unpaired) electrons. The maximum Gasteiger partial charge on any atom is 0.269 e. The van der Waals surface area contributed by atoms with Gasteiger partial charge in [-0.05, 0) is 115 Å². The molecule has 0 N–H and O–H groups in total. The van der Waals surface area contributed by atoms with Crippen LogP contribution in [0, 0.1) is 6.33 Å². The highest BCUT2D eigenvalue weighted by Gasteiger charge is 2.31. The van der Waals surface area contributed by atoms with Gasteiger partial charge in [0.2, 0.25) is 0 Å². The quantitative estimate of drug-likeness (QED) is 0.131. The van der Waals surface area contributed by atoms with E-state index in [0.717, 1.165) is 38.8 Å². The Balaban J connectivity index is 1.18. The van der Waals surface area contributed by atoms with Crippen LogP contribution >= 0.6 is 0 Å². The molecule has 0 fully saturated rings. The number of hydrogen-bond donors (Lipinski definition) is 0. The van der Waals surface area contributed by atoms with E-state index in [0.29, 0.717) is 45.0 Å². The van der Waals surface area contributed by atoms with E-state index in [9.17, 15) is 5.48 Å². The highest BCUT2D eigenvalue weighted by atomic mass is 16.5. The van der Waals surface area contributed by atoms with Gasteiger partial charge in [0.05, 0.1) is 44.4 Å². The Morgan fingerprint density at radius 3 is 1.88 bits per heavy atom. The molecule has 65 heavy (non-hydrogen) atoms. The first-order chi connectivity index (χ1) is 34.4. The van der Waals surface area contributed by atoms with Crippen LogP contribution in [-0.4, -0.2) is 14.1 Å². The Bertz CT molecular complexity index is 4000. The second-order valence-electron chi connectivity index (χ2n) is 20.1. The highest BCUT2D eigenvalue weighted by Crippen LogP contribution is 2.46. The summed E-state index contributed by atoms with van der Waals surface area (Å²) < 4.78 is 87.2. The lowest BCUT2D eigenvalue weighted by molar-refractivity contribution is -0.572. The van der Waals surface area contributed by atoms with Crippen LogP contribution in [-0.2, 0) is 16.2 Å². The van der Waals surface area contributed by atoms with Crippen LogP contribution in [0.2, 0.25) is 0 Å². The van der Waals surface area contributed by atoms with Gasteiger partial charge >= 0.3 is 0 Å². The van der Waals surface area contributed by atoms with Crippen molar-refractivity contribution in [3.63, 3.8) is 0 Å². The third kappa shape index (κ3) is 6.75. The van der Waals surface area contributed by atoms with Crippen LogP contribution in [0.3, 0.4) is 0 Å². The van der Waals surface area contributed by atoms with Gasteiger partial charge in [-0.15, -0.1) is 0 Å². The smallest absolute Gasteiger partial charge is 0.269 e. The monoisotopic (exact) mass is 854 g/mol. The van der Waals surface area contributed by atoms with Crippen LogP contribution in [0.1, 0.15) is 90.0 Å². The van der Waals surface area contributed by atoms with Gasteiger partial charge in [0, 0.05) is 23.0 Å². The molecular formula is C60H54N4O. The Morgan fingerprint density at radius 1 is 0.538 bits per heavy atom. The number of rotatable bonds is 4. The number of fused-ring (bicyclic) bond motifs is 10. The van der Waals surface area contributed by atoms with Gasteiger partial charge in [0.15, 0.2) is 0 Å². The average molecular weight is 855 g/mol. The van der Waals surface area contributed by atoms with Crippen molar-refractivity contribution in [3.05, 3.63) is 187 Å². The minimum atomic E-state index is -0.544. The third-order valence-electron chi connectivity index (χ3n) is 12.6. The molecule has 4 heterocycles. The van der Waals surface area contributed by atoms with Crippen molar-refractivity contribution in [2.24, 2.45) is 0 Å². The van der Waals surface area contributed by atoms with Gasteiger partial charge in [0.25, 0.3) is 6.33 Å². The molecule has 320 valence electrons. The number of benzene rings is 7. The Kier molecular flexibility index (Phi) is 7.31. The summed E-state index contributed by atoms with van der Waals surface area (Å²) in [4.78, 5) is 4.86. The van der Waals surface area contributed by atoms with E-state index < -0.39 is 47.1 Å². The van der Waals surface area contributed by atoms with E-state index in [1.54, 1.807) is 0 Å². The molecule has 0 amide bonds. The molecule has 5 nitrogen and oxygen atoms in total. The summed E-state index contributed by atoms with van der Waals surface area (Å²) in [6.07, 6.45) is 5.57. The zero-order valence-electron chi connectivity index (χ0n) is 46.2. The van der Waals surface area contributed by atoms with Crippen molar-refractivity contribution in [3.8, 4) is 62.1 Å². The average Bonchev–Trinajstić information content (AvgIpc) is 3.91. The Morgan fingerprint density at radius 2 is 1.17 bits per heavy atom. The van der Waals surface area contributed by atoms with Crippen molar-refractivity contribution in [2.45, 2.75) is 78.6 Å². The lowest BCUT2D eigenvalue weighted by Gasteiger charge is -2.30. The first-order valence-corrected chi connectivity index (χ1v) is 22.1. The zero-order valence-corrected chi connectivity index (χ0v) is 38.2. The van der Waals surface area contributed by atoms with Gasteiger partial charge in [-0.3, -0.25) is 13.7 Å². The molecule has 5 heteroatoms. The minimum Gasteiger partial charge on any atom is -0.458 e. The fourth-order valence-corrected chi connectivity index (χ4v) is 9.28. The molecule has 0 unspecified atom stereocenters. The molecule has 0 atom stereocenters. The molecule has 0 aliphatic carbocycles. The van der Waals surface area contributed by atoms with E-state index in [-0.39, 0.29) is 39.8 Å². The second kappa shape index (κ2) is 14.6. The number of imidazole rings is 1. The molecule has 0 spiro atoms. The fourth-order valence-electron chi connectivity index (χ4n) is 9.28. The summed E-state index contributed by atoms with van der Waals surface area (Å²) in [5.41, 5.74) is 7.63. The van der Waals surface area contributed by atoms with E-state index in [4.69, 9.17) is 15.2 Å². The maximum absolute atomic E-state index is 9.69. The van der Waals surface area contributed by atoms with Crippen LogP contribution in [0.25, 0.3) is 83.4 Å². The standard InChI is InChI=1S/C60H54N4O/c1-58(2,3)38-30-31-61-55(34-38)64-52-26-15-14-24-47(52)48-29-28-42(36-54(48)64)65-41-19-16-18-40(35-41)62-37-63-56-50(32-39(59(4,5)6)33-51(56)60(7,8)9)46-23-13-11-21-44(46)43-20-10-12-22-45(43)49-25-17-27-53(62)57(49)63/h10-36H,1-9H3/i10D,11D,12D,13D,20D,21D,22D,23D. The first-order valence-electron chi connectivity index (χ1n) is 26.1. The lowest BCUT2D eigenvalue weighted by atomic mass is 9.77. The number of hydrogen-bond acceptors (Lipinski definition) is 2. The van der Waals surface area contributed by atoms with E-state index >= 15 is 0 Å². The van der Waals surface area contributed by atoms with E-state index in [1.165, 1.54) is 5.56 Å². The van der Waals surface area contributed by atoms with Gasteiger partial charge < -0.3 is 4.74 Å². The SMILES string of the molecule is [2H]c1c([2H])c([2H])c2c(c1[2H])-c1cc(C(C)(C)C)cc(C(C)(C)C)c1-[n+]1[c-]n(-c3cccc(Oc4ccc5c6ccccc6n(-c6cc(C(C)(C)C)ccn6)c5c4)c3)c3cccc(c31)-c1c([2H])c([2H])c([2H])c([2H])c1-2. The number of pyridine rings is 1. The summed E-state index contributed by atoms with van der Waals surface area (Å²) in [5.74, 6) is 1.99. The number of aromatic nitrogens is 4. The van der Waals surface area contributed by atoms with Gasteiger partial charge in [-0.1, -0.05) is 165 Å². The Hall–Kier alpha value is -7.24. The van der Waals surface area contributed by atoms with Gasteiger partial charge in [-0.2, -0.15) is 0 Å². The number of nitrogens with zero attached hydrogens (tertiary/aromatic N) is 4. The predicted octanol–water partition coefficient (Wildman–Crippen LogP) is 15.2. The first kappa shape index (κ1) is 32.4. The molecule has 1 aliphatic rings. The maximum atomic E-state index is 9.69. The molecule has 11 rings (SSSR count). The minimum absolute atomic E-state index is 0.00443. The van der Waals surface area contributed by atoms with Crippen molar-refractivity contribution in [2.75, 3.05) is 0 Å². The van der Waals surface area contributed by atoms with Crippen LogP contribution in [0.5, 0.6) is 11.5 Å². The van der Waals surface area contributed by atoms with Crippen molar-refractivity contribution < 1.29 is 20.3 Å². The van der Waals surface area contributed by atoms with E-state index in [1.807, 2.05) is 88.1 Å². The number of para-hydroxylation sites is 2. The molecular weight excluding hydrogens is 793 g/mol. The van der Waals surface area contributed by atoms with Crippen LogP contribution < -0.4 is 9.30 Å². The largest absolute Gasteiger partial charge is 0.458 e. The molecule has 1 aliphatic heterocycles. The highest BCUT2D eigenvalue weighted by molar-refractivity contribution is 6.09. The Labute approximate surface area is 393 Å². The van der Waals surface area contributed by atoms with E-state index in [2.05, 4.69) is 110 Å². The fraction of sp³-hybridized carbons (Fsp3) is 0.200. The zero-order chi connectivity index (χ0) is 52.0. The van der Waals surface area contributed by atoms with Crippen LogP contribution in [0.4, 0.5) is 0 Å². The topological polar surface area (TPSA) is 35.9 Å². The lowest BCUT2D eigenvalue weighted by Crippen LogP contribution is -2.35. The predicted molar refractivity (Wildman–Crippen MR) is 268 cm³/mol. The van der Waals surface area contributed by atoms with Crippen molar-refractivity contribution >= 4 is 32.8 Å². The van der Waals surface area contributed by atoms with Gasteiger partial charge in [-0.25, -0.2) is 4.98 Å². The summed E-state index contributed by atoms with van der Waals surface area (Å²) >= 11 is 0. The molecule has 3 aromatic heterocycles. The summed E-state index contributed by atoms with van der Waals surface area (Å²) in [6, 6.07) is 32.8. The van der Waals surface area contributed by atoms with Gasteiger partial charge in [0.1, 0.15) is 17.3 Å². The summed E-state index contributed by atoms with van der Waals surface area (Å²) in [6.45, 7) is 19.2. The molecule has 10 aromatic rings.